The van der Waals surface area contributed by atoms with Gasteiger partial charge in [-0.25, -0.2) is 4.98 Å². The number of hydrogen-bond acceptors (Lipinski definition) is 6. The molecule has 1 heterocycles. The fraction of sp³-hybridized carbons (Fsp3) is 0.333. The van der Waals surface area contributed by atoms with E-state index in [1.54, 1.807) is 0 Å². The Bertz CT molecular complexity index is 343. The molecule has 0 radical (unpaired) electrons. The Hall–Kier alpha value is -1.01. The van der Waals surface area contributed by atoms with Gasteiger partial charge in [0.15, 0.2) is 5.78 Å². The molecule has 78 valence electrons. The first kappa shape index (κ1) is 11.1. The van der Waals surface area contributed by atoms with E-state index in [0.717, 1.165) is 0 Å². The van der Waals surface area contributed by atoms with E-state index in [1.165, 1.54) is 12.5 Å². The lowest BCUT2D eigenvalue weighted by Gasteiger charge is -2.27. The Kier molecular flexibility index (Phi) is 3.54. The number of carbonyl (C=O) groups is 1. The van der Waals surface area contributed by atoms with Gasteiger partial charge in [0, 0.05) is 11.9 Å². The second-order valence-corrected chi connectivity index (χ2v) is 3.67. The molecule has 0 aromatic carbocycles. The lowest BCUT2D eigenvalue weighted by atomic mass is 10.2. The van der Waals surface area contributed by atoms with Crippen molar-refractivity contribution in [3.63, 3.8) is 0 Å². The van der Waals surface area contributed by atoms with E-state index in [0.29, 0.717) is 5.69 Å². The van der Waals surface area contributed by atoms with Crippen LogP contribution in [0.1, 0.15) is 5.69 Å². The SMILES string of the molecule is O=C(COP(=O)([O-])[O-])Cc1cnc[nH]1. The summed E-state index contributed by atoms with van der Waals surface area (Å²) in [4.78, 5) is 37.3. The highest BCUT2D eigenvalue weighted by Crippen LogP contribution is 2.23. The van der Waals surface area contributed by atoms with Gasteiger partial charge < -0.3 is 23.9 Å². The molecule has 1 rings (SSSR count). The number of ketones is 1. The maximum atomic E-state index is 11.0. The lowest BCUT2D eigenvalue weighted by molar-refractivity contribution is -0.341. The molecule has 1 aromatic rings. The van der Waals surface area contributed by atoms with Gasteiger partial charge in [-0.15, -0.1) is 0 Å². The molecule has 0 aliphatic rings. The van der Waals surface area contributed by atoms with Crippen molar-refractivity contribution in [3.8, 4) is 0 Å². The molecule has 0 fully saturated rings. The van der Waals surface area contributed by atoms with Crippen molar-refractivity contribution in [2.45, 2.75) is 6.42 Å². The van der Waals surface area contributed by atoms with E-state index >= 15 is 0 Å². The molecular weight excluding hydrogens is 211 g/mol. The summed E-state index contributed by atoms with van der Waals surface area (Å²) in [6.07, 6.45) is 2.77. The van der Waals surface area contributed by atoms with Crippen LogP contribution in [-0.2, 0) is 20.3 Å². The maximum absolute atomic E-state index is 11.0. The van der Waals surface area contributed by atoms with Crippen molar-refractivity contribution < 1.29 is 23.7 Å². The number of nitrogens with zero attached hydrogens (tertiary/aromatic N) is 1. The van der Waals surface area contributed by atoms with Crippen LogP contribution in [0.4, 0.5) is 0 Å². The summed E-state index contributed by atoms with van der Waals surface area (Å²) >= 11 is 0. The molecule has 0 amide bonds. The number of phosphoric acid groups is 1. The Labute approximate surface area is 79.4 Å². The van der Waals surface area contributed by atoms with Crippen molar-refractivity contribution in [1.82, 2.24) is 9.97 Å². The Morgan fingerprint density at radius 1 is 1.64 bits per heavy atom. The van der Waals surface area contributed by atoms with Gasteiger partial charge in [0.1, 0.15) is 6.61 Å². The molecule has 0 unspecified atom stereocenters. The minimum Gasteiger partial charge on any atom is -0.790 e. The van der Waals surface area contributed by atoms with Gasteiger partial charge in [-0.3, -0.25) is 4.79 Å². The average Bonchev–Trinajstić information content (AvgIpc) is 2.52. The minimum atomic E-state index is -5.06. The van der Waals surface area contributed by atoms with Gasteiger partial charge in [-0.1, -0.05) is 0 Å². The summed E-state index contributed by atoms with van der Waals surface area (Å²) in [5, 5.41) is 0. The quantitative estimate of drug-likeness (QED) is 0.592. The van der Waals surface area contributed by atoms with E-state index in [1.807, 2.05) is 0 Å². The predicted octanol–water partition coefficient (Wildman–Crippen LogP) is -1.63. The third-order valence-electron chi connectivity index (χ3n) is 1.33. The van der Waals surface area contributed by atoms with E-state index < -0.39 is 20.2 Å². The van der Waals surface area contributed by atoms with Gasteiger partial charge in [0.2, 0.25) is 0 Å². The van der Waals surface area contributed by atoms with Gasteiger partial charge in [0.25, 0.3) is 0 Å². The van der Waals surface area contributed by atoms with Gasteiger partial charge in [0.05, 0.1) is 20.6 Å². The fourth-order valence-electron chi connectivity index (χ4n) is 0.796. The number of nitrogens with one attached hydrogen (secondary N) is 1. The summed E-state index contributed by atoms with van der Waals surface area (Å²) in [7, 11) is -5.06. The molecule has 0 atom stereocenters. The van der Waals surface area contributed by atoms with Crippen LogP contribution in [0, 0.1) is 0 Å². The minimum absolute atomic E-state index is 0.0417. The monoisotopic (exact) mass is 218 g/mol. The summed E-state index contributed by atoms with van der Waals surface area (Å²) in [6, 6.07) is 0. The maximum Gasteiger partial charge on any atom is 0.164 e. The molecule has 0 aliphatic heterocycles. The summed E-state index contributed by atoms with van der Waals surface area (Å²) in [6.45, 7) is -0.733. The van der Waals surface area contributed by atoms with Crippen LogP contribution in [0.5, 0.6) is 0 Å². The van der Waals surface area contributed by atoms with Gasteiger partial charge >= 0.3 is 0 Å². The predicted molar refractivity (Wildman–Crippen MR) is 40.9 cm³/mol. The van der Waals surface area contributed by atoms with Crippen LogP contribution >= 0.6 is 7.82 Å². The van der Waals surface area contributed by atoms with Crippen LogP contribution in [-0.4, -0.2) is 22.4 Å². The first-order chi connectivity index (χ1) is 6.47. The van der Waals surface area contributed by atoms with Gasteiger partial charge in [-0.05, 0) is 0 Å². The molecule has 1 N–H and O–H groups in total. The molecule has 0 saturated heterocycles. The number of hydrogen-bond donors (Lipinski definition) is 1. The van der Waals surface area contributed by atoms with Crippen LogP contribution in [0.3, 0.4) is 0 Å². The highest BCUT2D eigenvalue weighted by Gasteiger charge is 2.05. The van der Waals surface area contributed by atoms with Crippen molar-refractivity contribution in [1.29, 1.82) is 0 Å². The second kappa shape index (κ2) is 4.47. The van der Waals surface area contributed by atoms with Crippen molar-refractivity contribution in [3.05, 3.63) is 18.2 Å². The molecule has 8 heteroatoms. The number of aromatic amines is 1. The third-order valence-corrected chi connectivity index (χ3v) is 1.77. The molecular formula is C6H7N2O5P-2. The molecule has 1 aromatic heterocycles. The number of imidazole rings is 1. The molecule has 0 bridgehead atoms. The van der Waals surface area contributed by atoms with Crippen LogP contribution in [0.15, 0.2) is 12.5 Å². The van der Waals surface area contributed by atoms with Gasteiger partial charge in [-0.2, -0.15) is 0 Å². The summed E-state index contributed by atoms with van der Waals surface area (Å²) < 4.78 is 13.8. The van der Waals surface area contributed by atoms with Crippen molar-refractivity contribution in [2.75, 3.05) is 6.61 Å². The first-order valence-electron chi connectivity index (χ1n) is 3.63. The number of H-pyrrole nitrogens is 1. The second-order valence-electron chi connectivity index (χ2n) is 2.51. The third kappa shape index (κ3) is 4.29. The highest BCUT2D eigenvalue weighted by atomic mass is 31.2. The topological polar surface area (TPSA) is 118 Å². The van der Waals surface area contributed by atoms with Crippen LogP contribution < -0.4 is 9.79 Å². The highest BCUT2D eigenvalue weighted by molar-refractivity contribution is 7.43. The smallest absolute Gasteiger partial charge is 0.164 e. The molecule has 14 heavy (non-hydrogen) atoms. The lowest BCUT2D eigenvalue weighted by Crippen LogP contribution is -2.20. The molecule has 0 aliphatic carbocycles. The number of phosphoric ester groups is 1. The van der Waals surface area contributed by atoms with Crippen molar-refractivity contribution >= 4 is 13.6 Å². The zero-order valence-corrected chi connectivity index (χ0v) is 7.90. The van der Waals surface area contributed by atoms with E-state index in [-0.39, 0.29) is 6.42 Å². The zero-order chi connectivity index (χ0) is 10.6. The first-order valence-corrected chi connectivity index (χ1v) is 5.09. The standard InChI is InChI=1S/C6H9N2O5P/c9-6(3-13-14(10,11)12)1-5-2-7-4-8-5/h2,4H,1,3H2,(H,7,8)(H2,10,11,12)/p-2. The molecule has 0 spiro atoms. The van der Waals surface area contributed by atoms with Crippen molar-refractivity contribution in [2.24, 2.45) is 0 Å². The van der Waals surface area contributed by atoms with E-state index in [2.05, 4.69) is 14.5 Å². The number of Topliss-reactive ketones (excluding diaryl/α,β-unsaturated/α-hetero) is 1. The Morgan fingerprint density at radius 2 is 2.36 bits per heavy atom. The number of rotatable bonds is 5. The number of aromatic nitrogens is 2. The van der Waals surface area contributed by atoms with E-state index in [9.17, 15) is 19.1 Å². The number of carbonyl (C=O) groups excluding carboxylic acids is 1. The summed E-state index contributed by atoms with van der Waals surface area (Å²) in [5.41, 5.74) is 0.533. The fourth-order valence-corrected chi connectivity index (χ4v) is 1.10. The Morgan fingerprint density at radius 3 is 2.86 bits per heavy atom. The molecule has 7 nitrogen and oxygen atoms in total. The summed E-state index contributed by atoms with van der Waals surface area (Å²) in [5.74, 6) is -0.513. The zero-order valence-electron chi connectivity index (χ0n) is 7.00. The van der Waals surface area contributed by atoms with Crippen LogP contribution in [0.2, 0.25) is 0 Å². The molecule has 0 saturated carbocycles. The largest absolute Gasteiger partial charge is 0.790 e. The van der Waals surface area contributed by atoms with Crippen LogP contribution in [0.25, 0.3) is 0 Å². The normalized spacial score (nSPS) is 11.6. The Balaban J connectivity index is 2.34. The average molecular weight is 218 g/mol. The van der Waals surface area contributed by atoms with E-state index in [4.69, 9.17) is 0 Å².